The molecule has 0 saturated carbocycles. The monoisotopic (exact) mass is 412 g/mol. The van der Waals surface area contributed by atoms with Gasteiger partial charge in [0, 0.05) is 11.3 Å². The first kappa shape index (κ1) is 23.4. The Morgan fingerprint density at radius 1 is 0.933 bits per heavy atom. The standard InChI is InChI=1S/C24H32N2O4/c1-23(2,3)29-15-20(22(28)30-24(4,5)6)26-21(27)17-12-10-16(11-13-17)18-8-7-9-19(25)14-18/h7-14,20H,15,25H2,1-6H3,(H,26,27)/t20-/m0/s1. The highest BCUT2D eigenvalue weighted by Gasteiger charge is 2.29. The number of esters is 1. The van der Waals surface area contributed by atoms with Gasteiger partial charge in [-0.1, -0.05) is 24.3 Å². The van der Waals surface area contributed by atoms with E-state index in [1.54, 1.807) is 32.9 Å². The number of ether oxygens (including phenoxy) is 2. The minimum absolute atomic E-state index is 0.0194. The first-order valence-corrected chi connectivity index (χ1v) is 9.98. The average Bonchev–Trinajstić information content (AvgIpc) is 2.63. The molecule has 1 atom stereocenters. The first-order chi connectivity index (χ1) is 13.8. The van der Waals surface area contributed by atoms with E-state index in [9.17, 15) is 9.59 Å². The molecule has 0 fully saturated rings. The predicted octanol–water partition coefficient (Wildman–Crippen LogP) is 4.19. The van der Waals surface area contributed by atoms with E-state index in [1.807, 2.05) is 57.2 Å². The number of nitrogen functional groups attached to an aromatic ring is 1. The quantitative estimate of drug-likeness (QED) is 0.548. The summed E-state index contributed by atoms with van der Waals surface area (Å²) in [7, 11) is 0. The van der Waals surface area contributed by atoms with Gasteiger partial charge in [0.25, 0.3) is 5.91 Å². The smallest absolute Gasteiger partial charge is 0.331 e. The van der Waals surface area contributed by atoms with E-state index in [1.165, 1.54) is 0 Å². The van der Waals surface area contributed by atoms with E-state index < -0.39 is 23.2 Å². The zero-order chi connectivity index (χ0) is 22.5. The van der Waals surface area contributed by atoms with Gasteiger partial charge < -0.3 is 20.5 Å². The Morgan fingerprint density at radius 2 is 1.57 bits per heavy atom. The van der Waals surface area contributed by atoms with Gasteiger partial charge in [-0.3, -0.25) is 4.79 Å². The molecule has 162 valence electrons. The molecule has 0 radical (unpaired) electrons. The average molecular weight is 413 g/mol. The van der Waals surface area contributed by atoms with Gasteiger partial charge in [-0.05, 0) is 76.9 Å². The molecule has 0 saturated heterocycles. The number of hydrogen-bond acceptors (Lipinski definition) is 5. The van der Waals surface area contributed by atoms with Gasteiger partial charge in [0.05, 0.1) is 12.2 Å². The molecule has 2 rings (SSSR count). The zero-order valence-corrected chi connectivity index (χ0v) is 18.6. The van der Waals surface area contributed by atoms with Crippen molar-refractivity contribution in [1.29, 1.82) is 0 Å². The number of hydrogen-bond donors (Lipinski definition) is 2. The molecule has 6 nitrogen and oxygen atoms in total. The molecule has 0 spiro atoms. The maximum absolute atomic E-state index is 12.8. The maximum atomic E-state index is 12.8. The molecule has 1 amide bonds. The zero-order valence-electron chi connectivity index (χ0n) is 18.6. The topological polar surface area (TPSA) is 90.6 Å². The van der Waals surface area contributed by atoms with Crippen LogP contribution in [0.2, 0.25) is 0 Å². The Labute approximate surface area is 178 Å². The Kier molecular flexibility index (Phi) is 7.26. The second kappa shape index (κ2) is 9.30. The van der Waals surface area contributed by atoms with E-state index in [4.69, 9.17) is 15.2 Å². The summed E-state index contributed by atoms with van der Waals surface area (Å²) in [6.07, 6.45) is 0. The van der Waals surface area contributed by atoms with E-state index in [-0.39, 0.29) is 12.5 Å². The number of carbonyl (C=O) groups excluding carboxylic acids is 2. The number of amides is 1. The first-order valence-electron chi connectivity index (χ1n) is 9.98. The third-order valence-corrected chi connectivity index (χ3v) is 4.05. The van der Waals surface area contributed by atoms with E-state index in [0.717, 1.165) is 11.1 Å². The molecule has 6 heteroatoms. The molecule has 30 heavy (non-hydrogen) atoms. The third kappa shape index (κ3) is 7.52. The summed E-state index contributed by atoms with van der Waals surface area (Å²) in [5, 5.41) is 2.74. The largest absolute Gasteiger partial charge is 0.458 e. The Bertz CT molecular complexity index is 877. The van der Waals surface area contributed by atoms with Crippen LogP contribution in [-0.2, 0) is 14.3 Å². The fourth-order valence-electron chi connectivity index (χ4n) is 2.65. The van der Waals surface area contributed by atoms with Gasteiger partial charge in [-0.2, -0.15) is 0 Å². The highest BCUT2D eigenvalue weighted by Crippen LogP contribution is 2.22. The van der Waals surface area contributed by atoms with Crippen LogP contribution in [0, 0.1) is 0 Å². The van der Waals surface area contributed by atoms with Gasteiger partial charge in [0.1, 0.15) is 5.60 Å². The predicted molar refractivity (Wildman–Crippen MR) is 119 cm³/mol. The van der Waals surface area contributed by atoms with E-state index in [0.29, 0.717) is 11.3 Å². The van der Waals surface area contributed by atoms with Gasteiger partial charge >= 0.3 is 5.97 Å². The Balaban J connectivity index is 2.14. The second-order valence-electron chi connectivity index (χ2n) is 9.19. The molecule has 0 heterocycles. The fraction of sp³-hybridized carbons (Fsp3) is 0.417. The maximum Gasteiger partial charge on any atom is 0.331 e. The number of nitrogens with two attached hydrogens (primary N) is 1. The molecule has 2 aromatic carbocycles. The van der Waals surface area contributed by atoms with Crippen LogP contribution >= 0.6 is 0 Å². The van der Waals surface area contributed by atoms with Crippen LogP contribution < -0.4 is 11.1 Å². The lowest BCUT2D eigenvalue weighted by Gasteiger charge is -2.27. The summed E-state index contributed by atoms with van der Waals surface area (Å²) in [4.78, 5) is 25.3. The van der Waals surface area contributed by atoms with Crippen LogP contribution in [0.15, 0.2) is 48.5 Å². The van der Waals surface area contributed by atoms with E-state index in [2.05, 4.69) is 5.32 Å². The van der Waals surface area contributed by atoms with Crippen LogP contribution in [0.25, 0.3) is 11.1 Å². The number of anilines is 1. The third-order valence-electron chi connectivity index (χ3n) is 4.05. The highest BCUT2D eigenvalue weighted by molar-refractivity contribution is 5.97. The van der Waals surface area contributed by atoms with Crippen molar-refractivity contribution in [2.75, 3.05) is 12.3 Å². The van der Waals surface area contributed by atoms with E-state index >= 15 is 0 Å². The molecule has 0 aliphatic heterocycles. The number of nitrogens with one attached hydrogen (secondary N) is 1. The van der Waals surface area contributed by atoms with Crippen LogP contribution in [0.5, 0.6) is 0 Å². The van der Waals surface area contributed by atoms with Crippen molar-refractivity contribution < 1.29 is 19.1 Å². The lowest BCUT2D eigenvalue weighted by molar-refractivity contribution is -0.160. The van der Waals surface area contributed by atoms with Crippen molar-refractivity contribution in [3.05, 3.63) is 54.1 Å². The molecule has 0 bridgehead atoms. The SMILES string of the molecule is CC(C)(C)OC[C@H](NC(=O)c1ccc(-c2cccc(N)c2)cc1)C(=O)OC(C)(C)C. The molecule has 0 aliphatic rings. The lowest BCUT2D eigenvalue weighted by Crippen LogP contribution is -2.48. The second-order valence-corrected chi connectivity index (χ2v) is 9.19. The fourth-order valence-corrected chi connectivity index (χ4v) is 2.65. The molecule has 0 unspecified atom stereocenters. The van der Waals surface area contributed by atoms with Crippen molar-refractivity contribution in [2.45, 2.75) is 58.8 Å². The molecule has 0 aromatic heterocycles. The molecule has 0 aliphatic carbocycles. The lowest BCUT2D eigenvalue weighted by atomic mass is 10.0. The summed E-state index contributed by atoms with van der Waals surface area (Å²) in [6, 6.07) is 13.7. The molecular weight excluding hydrogens is 380 g/mol. The van der Waals surface area contributed by atoms with Gasteiger partial charge in [-0.15, -0.1) is 0 Å². The van der Waals surface area contributed by atoms with Crippen LogP contribution in [0.1, 0.15) is 51.9 Å². The molecular formula is C24H32N2O4. The minimum Gasteiger partial charge on any atom is -0.458 e. The Hall–Kier alpha value is -2.86. The van der Waals surface area contributed by atoms with Crippen molar-refractivity contribution in [3.8, 4) is 11.1 Å². The highest BCUT2D eigenvalue weighted by atomic mass is 16.6. The molecule has 2 aromatic rings. The van der Waals surface area contributed by atoms with Crippen LogP contribution in [0.4, 0.5) is 5.69 Å². The van der Waals surface area contributed by atoms with Gasteiger partial charge in [-0.25, -0.2) is 4.79 Å². The Morgan fingerprint density at radius 3 is 2.10 bits per heavy atom. The summed E-state index contributed by atoms with van der Waals surface area (Å²) in [6.45, 7) is 11.0. The number of rotatable bonds is 6. The number of benzene rings is 2. The van der Waals surface area contributed by atoms with Gasteiger partial charge in [0.15, 0.2) is 6.04 Å². The molecule has 3 N–H and O–H groups in total. The summed E-state index contributed by atoms with van der Waals surface area (Å²) in [5.41, 5.74) is 7.74. The summed E-state index contributed by atoms with van der Waals surface area (Å²) in [5.74, 6) is -0.904. The van der Waals surface area contributed by atoms with Gasteiger partial charge in [0.2, 0.25) is 0 Å². The summed E-state index contributed by atoms with van der Waals surface area (Å²) >= 11 is 0. The van der Waals surface area contributed by atoms with Crippen molar-refractivity contribution in [3.63, 3.8) is 0 Å². The normalized spacial score (nSPS) is 12.9. The van der Waals surface area contributed by atoms with Crippen LogP contribution in [-0.4, -0.2) is 35.7 Å². The number of carbonyl (C=O) groups is 2. The van der Waals surface area contributed by atoms with Crippen molar-refractivity contribution >= 4 is 17.6 Å². The van der Waals surface area contributed by atoms with Crippen molar-refractivity contribution in [1.82, 2.24) is 5.32 Å². The van der Waals surface area contributed by atoms with Crippen molar-refractivity contribution in [2.24, 2.45) is 0 Å². The minimum atomic E-state index is -0.912. The summed E-state index contributed by atoms with van der Waals surface area (Å²) < 4.78 is 11.2. The van der Waals surface area contributed by atoms with Crippen LogP contribution in [0.3, 0.4) is 0 Å².